The minimum atomic E-state index is -0.449. The average Bonchev–Trinajstić information content (AvgIpc) is 3.27. The van der Waals surface area contributed by atoms with Crippen LogP contribution in [-0.2, 0) is 4.79 Å². The van der Waals surface area contributed by atoms with Gasteiger partial charge in [-0.2, -0.15) is 5.26 Å². The molecule has 0 radical (unpaired) electrons. The van der Waals surface area contributed by atoms with E-state index in [0.29, 0.717) is 26.8 Å². The highest BCUT2D eigenvalue weighted by Crippen LogP contribution is 2.36. The number of anilines is 2. The van der Waals surface area contributed by atoms with Crippen molar-refractivity contribution in [1.29, 1.82) is 5.26 Å². The van der Waals surface area contributed by atoms with Gasteiger partial charge in [0.15, 0.2) is 0 Å². The van der Waals surface area contributed by atoms with E-state index in [4.69, 9.17) is 23.2 Å². The van der Waals surface area contributed by atoms with Crippen LogP contribution in [0.15, 0.2) is 83.1 Å². The quantitative estimate of drug-likeness (QED) is 0.228. The summed E-state index contributed by atoms with van der Waals surface area (Å²) in [5.74, 6) is -0.582. The van der Waals surface area contributed by atoms with Crippen molar-refractivity contribution in [2.75, 3.05) is 10.6 Å². The SMILES string of the molecule is CC(Sc1cccc(NC(=O)c2ccc(Cl)cc2Cl)c1)C(=O)Nc1scc(-c2ccccc2)c1C#N. The molecule has 4 aromatic rings. The van der Waals surface area contributed by atoms with Crippen LogP contribution in [-0.4, -0.2) is 17.1 Å². The van der Waals surface area contributed by atoms with Gasteiger partial charge >= 0.3 is 0 Å². The molecule has 0 bridgehead atoms. The van der Waals surface area contributed by atoms with E-state index >= 15 is 0 Å². The summed E-state index contributed by atoms with van der Waals surface area (Å²) in [4.78, 5) is 26.3. The van der Waals surface area contributed by atoms with Crippen LogP contribution in [0.2, 0.25) is 10.0 Å². The normalized spacial score (nSPS) is 11.4. The Bertz CT molecular complexity index is 1470. The lowest BCUT2D eigenvalue weighted by molar-refractivity contribution is -0.115. The molecule has 1 atom stereocenters. The van der Waals surface area contributed by atoms with Gasteiger partial charge in [-0.15, -0.1) is 23.1 Å². The maximum absolute atomic E-state index is 12.9. The number of halogens is 2. The molecular weight excluding hydrogens is 533 g/mol. The Balaban J connectivity index is 1.42. The van der Waals surface area contributed by atoms with Crippen LogP contribution < -0.4 is 10.6 Å². The Morgan fingerprint density at radius 3 is 2.50 bits per heavy atom. The minimum Gasteiger partial charge on any atom is -0.322 e. The molecule has 2 N–H and O–H groups in total. The lowest BCUT2D eigenvalue weighted by atomic mass is 10.1. The zero-order valence-electron chi connectivity index (χ0n) is 18.9. The summed E-state index contributed by atoms with van der Waals surface area (Å²) >= 11 is 14.7. The number of benzene rings is 3. The van der Waals surface area contributed by atoms with E-state index in [0.717, 1.165) is 16.0 Å². The fourth-order valence-corrected chi connectivity index (χ4v) is 5.72. The van der Waals surface area contributed by atoms with E-state index < -0.39 is 5.25 Å². The first-order chi connectivity index (χ1) is 17.4. The lowest BCUT2D eigenvalue weighted by Gasteiger charge is -2.13. The first-order valence-electron chi connectivity index (χ1n) is 10.8. The number of hydrogen-bond donors (Lipinski definition) is 2. The molecule has 1 heterocycles. The van der Waals surface area contributed by atoms with E-state index in [-0.39, 0.29) is 16.8 Å². The molecule has 3 aromatic carbocycles. The topological polar surface area (TPSA) is 82.0 Å². The van der Waals surface area contributed by atoms with Crippen molar-refractivity contribution < 1.29 is 9.59 Å². The van der Waals surface area contributed by atoms with Gasteiger partial charge in [-0.1, -0.05) is 59.6 Å². The van der Waals surface area contributed by atoms with Crippen molar-refractivity contribution in [3.05, 3.63) is 99.3 Å². The summed E-state index contributed by atoms with van der Waals surface area (Å²) in [5, 5.41) is 18.1. The highest BCUT2D eigenvalue weighted by Gasteiger charge is 2.20. The molecule has 0 fully saturated rings. The largest absolute Gasteiger partial charge is 0.322 e. The van der Waals surface area contributed by atoms with Gasteiger partial charge in [0.25, 0.3) is 5.91 Å². The predicted octanol–water partition coefficient (Wildman–Crippen LogP) is 7.97. The maximum Gasteiger partial charge on any atom is 0.257 e. The van der Waals surface area contributed by atoms with Crippen molar-refractivity contribution in [2.24, 2.45) is 0 Å². The Morgan fingerprint density at radius 2 is 1.78 bits per heavy atom. The summed E-state index contributed by atoms with van der Waals surface area (Å²) in [6, 6.07) is 23.7. The van der Waals surface area contributed by atoms with E-state index in [1.54, 1.807) is 37.3 Å². The molecule has 2 amide bonds. The first-order valence-corrected chi connectivity index (χ1v) is 13.3. The first kappa shape index (κ1) is 25.8. The maximum atomic E-state index is 12.9. The Morgan fingerprint density at radius 1 is 1.00 bits per heavy atom. The van der Waals surface area contributed by atoms with E-state index in [1.165, 1.54) is 29.2 Å². The molecular formula is C27H19Cl2N3O2S2. The van der Waals surface area contributed by atoms with Gasteiger partial charge < -0.3 is 10.6 Å². The van der Waals surface area contributed by atoms with Crippen LogP contribution in [0.1, 0.15) is 22.8 Å². The Kier molecular flexibility index (Phi) is 8.34. The van der Waals surface area contributed by atoms with Gasteiger partial charge in [0.05, 0.1) is 21.4 Å². The fraction of sp³-hybridized carbons (Fsp3) is 0.0741. The molecule has 36 heavy (non-hydrogen) atoms. The molecule has 1 unspecified atom stereocenters. The van der Waals surface area contributed by atoms with Gasteiger partial charge in [0, 0.05) is 26.5 Å². The average molecular weight is 553 g/mol. The molecule has 0 saturated heterocycles. The Labute approximate surface area is 227 Å². The van der Waals surface area contributed by atoms with E-state index in [2.05, 4.69) is 16.7 Å². The molecule has 0 spiro atoms. The van der Waals surface area contributed by atoms with Gasteiger partial charge in [-0.05, 0) is 48.9 Å². The van der Waals surface area contributed by atoms with Crippen molar-refractivity contribution in [1.82, 2.24) is 0 Å². The lowest BCUT2D eigenvalue weighted by Crippen LogP contribution is -2.22. The number of nitrogens with one attached hydrogen (secondary N) is 2. The third-order valence-corrected chi connectivity index (χ3v) is 7.71. The third kappa shape index (κ3) is 6.10. The second-order valence-corrected chi connectivity index (χ2v) is 10.8. The highest BCUT2D eigenvalue weighted by molar-refractivity contribution is 8.00. The summed E-state index contributed by atoms with van der Waals surface area (Å²) in [7, 11) is 0. The van der Waals surface area contributed by atoms with Gasteiger partial charge in [0.2, 0.25) is 5.91 Å². The molecule has 0 aliphatic rings. The molecule has 4 rings (SSSR count). The highest BCUT2D eigenvalue weighted by atomic mass is 35.5. The van der Waals surface area contributed by atoms with Gasteiger partial charge in [-0.3, -0.25) is 9.59 Å². The zero-order valence-corrected chi connectivity index (χ0v) is 22.1. The van der Waals surface area contributed by atoms with Crippen molar-refractivity contribution in [2.45, 2.75) is 17.1 Å². The number of carbonyl (C=O) groups excluding carboxylic acids is 2. The molecule has 1 aromatic heterocycles. The van der Waals surface area contributed by atoms with Crippen LogP contribution in [0.25, 0.3) is 11.1 Å². The summed E-state index contributed by atoms with van der Waals surface area (Å²) in [5.41, 5.74) is 3.05. The number of rotatable bonds is 7. The zero-order chi connectivity index (χ0) is 25.7. The molecule has 0 aliphatic carbocycles. The standard InChI is InChI=1S/C27H19Cl2N3O2S2/c1-16(25(33)32-27-22(14-30)23(15-35-27)17-6-3-2-4-7-17)36-20-9-5-8-19(13-20)31-26(34)21-11-10-18(28)12-24(21)29/h2-13,15-16H,1H3,(H,31,34)(H,32,33). The third-order valence-electron chi connectivity index (χ3n) is 5.17. The fourth-order valence-electron chi connectivity index (χ4n) is 3.38. The number of hydrogen-bond acceptors (Lipinski definition) is 5. The van der Waals surface area contributed by atoms with Crippen LogP contribution in [0.3, 0.4) is 0 Å². The molecule has 180 valence electrons. The number of thiophene rings is 1. The van der Waals surface area contributed by atoms with Gasteiger partial charge in [-0.25, -0.2) is 0 Å². The Hall–Kier alpha value is -3.28. The van der Waals surface area contributed by atoms with Gasteiger partial charge in [0.1, 0.15) is 11.1 Å². The number of carbonyl (C=O) groups is 2. The predicted molar refractivity (Wildman–Crippen MR) is 149 cm³/mol. The number of thioether (sulfide) groups is 1. The van der Waals surface area contributed by atoms with Crippen LogP contribution >= 0.6 is 46.3 Å². The summed E-state index contributed by atoms with van der Waals surface area (Å²) in [6.07, 6.45) is 0. The van der Waals surface area contributed by atoms with Crippen LogP contribution in [0.5, 0.6) is 0 Å². The van der Waals surface area contributed by atoms with Crippen molar-refractivity contribution in [3.8, 4) is 17.2 Å². The van der Waals surface area contributed by atoms with Crippen LogP contribution in [0, 0.1) is 11.3 Å². The van der Waals surface area contributed by atoms with Crippen molar-refractivity contribution in [3.63, 3.8) is 0 Å². The summed E-state index contributed by atoms with van der Waals surface area (Å²) in [6.45, 7) is 1.79. The molecule has 0 aliphatic heterocycles. The number of nitrogens with zero attached hydrogens (tertiary/aromatic N) is 1. The van der Waals surface area contributed by atoms with Crippen LogP contribution in [0.4, 0.5) is 10.7 Å². The second kappa shape index (κ2) is 11.6. The van der Waals surface area contributed by atoms with E-state index in [1.807, 2.05) is 41.8 Å². The monoisotopic (exact) mass is 551 g/mol. The minimum absolute atomic E-state index is 0.222. The second-order valence-electron chi connectivity index (χ2n) is 7.69. The smallest absolute Gasteiger partial charge is 0.257 e. The molecule has 0 saturated carbocycles. The molecule has 9 heteroatoms. The molecule has 5 nitrogen and oxygen atoms in total. The van der Waals surface area contributed by atoms with E-state index in [9.17, 15) is 14.9 Å². The number of nitriles is 1. The number of amides is 2. The summed E-state index contributed by atoms with van der Waals surface area (Å²) < 4.78 is 0. The van der Waals surface area contributed by atoms with Crippen molar-refractivity contribution >= 4 is 68.8 Å².